The van der Waals surface area contributed by atoms with Crippen molar-refractivity contribution in [3.05, 3.63) is 59.7 Å². The summed E-state index contributed by atoms with van der Waals surface area (Å²) < 4.78 is 12.0. The summed E-state index contributed by atoms with van der Waals surface area (Å²) in [6, 6.07) is 17.0. The van der Waals surface area contributed by atoms with Crippen molar-refractivity contribution in [2.45, 2.75) is 19.3 Å². The van der Waals surface area contributed by atoms with Gasteiger partial charge in [0.15, 0.2) is 0 Å². The topological polar surface area (TPSA) is 18.5 Å². The summed E-state index contributed by atoms with van der Waals surface area (Å²) in [5.41, 5.74) is 2.53. The summed E-state index contributed by atoms with van der Waals surface area (Å²) >= 11 is 16.5. The summed E-state index contributed by atoms with van der Waals surface area (Å²) in [5, 5.41) is 0. The van der Waals surface area contributed by atoms with E-state index in [-0.39, 0.29) is 0 Å². The van der Waals surface area contributed by atoms with Crippen molar-refractivity contribution < 1.29 is 9.47 Å². The average Bonchev–Trinajstić information content (AvgIpc) is 2.87. The monoisotopic (exact) mass is 588 g/mol. The molecule has 0 N–H and O–H groups in total. The first-order valence-electron chi connectivity index (χ1n) is 12.3. The van der Waals surface area contributed by atoms with E-state index in [0.717, 1.165) is 78.5 Å². The third-order valence-corrected chi connectivity index (χ3v) is 10.5. The molecule has 0 saturated carbocycles. The first-order valence-corrected chi connectivity index (χ1v) is 18.2. The van der Waals surface area contributed by atoms with Gasteiger partial charge in [-0.2, -0.15) is 72.3 Å². The van der Waals surface area contributed by atoms with E-state index < -0.39 is 0 Å². The van der Waals surface area contributed by atoms with Gasteiger partial charge in [0.05, 0.1) is 13.2 Å². The number of rotatable bonds is 22. The van der Waals surface area contributed by atoms with Crippen LogP contribution >= 0.6 is 72.3 Å². The second-order valence-corrected chi connectivity index (χ2v) is 13.6. The highest BCUT2D eigenvalue weighted by molar-refractivity contribution is 8.03. The van der Waals surface area contributed by atoms with Gasteiger partial charge in [0, 0.05) is 34.5 Å². The van der Waals surface area contributed by atoms with E-state index in [0.29, 0.717) is 0 Å². The van der Waals surface area contributed by atoms with Gasteiger partial charge in [0.2, 0.25) is 0 Å². The molecular weight excluding hydrogens is 549 g/mol. The normalized spacial score (nSPS) is 11.0. The molecule has 8 heteroatoms. The van der Waals surface area contributed by atoms with Gasteiger partial charge in [-0.3, -0.25) is 0 Å². The summed E-state index contributed by atoms with van der Waals surface area (Å²) in [4.78, 5) is 0. The lowest BCUT2D eigenvalue weighted by molar-refractivity contribution is 0.318. The highest BCUT2D eigenvalue weighted by atomic mass is 32.2. The maximum absolute atomic E-state index is 6.01. The van der Waals surface area contributed by atoms with Crippen LogP contribution in [0.4, 0.5) is 0 Å². The molecule has 0 saturated heterocycles. The predicted octanol–water partition coefficient (Wildman–Crippen LogP) is 7.61. The summed E-state index contributed by atoms with van der Waals surface area (Å²) in [6.45, 7) is 1.55. The van der Waals surface area contributed by atoms with Gasteiger partial charge in [0.1, 0.15) is 11.5 Å². The van der Waals surface area contributed by atoms with Crippen LogP contribution in [0.25, 0.3) is 0 Å². The quantitative estimate of drug-likeness (QED) is 0.108. The molecule has 0 fully saturated rings. The fourth-order valence-electron chi connectivity index (χ4n) is 3.20. The summed E-state index contributed by atoms with van der Waals surface area (Å²) in [6.07, 6.45) is 3.05. The van der Waals surface area contributed by atoms with Crippen LogP contribution in [-0.2, 0) is 6.42 Å². The molecule has 2 aromatic rings. The van der Waals surface area contributed by atoms with Crippen LogP contribution in [0, 0.1) is 0 Å². The van der Waals surface area contributed by atoms with Crippen LogP contribution in [0.5, 0.6) is 11.5 Å². The molecular formula is C27H40O2S6. The molecule has 2 aromatic carbocycles. The number of benzene rings is 2. The van der Waals surface area contributed by atoms with E-state index in [4.69, 9.17) is 9.47 Å². The predicted molar refractivity (Wildman–Crippen MR) is 173 cm³/mol. The van der Waals surface area contributed by atoms with Crippen molar-refractivity contribution in [1.82, 2.24) is 0 Å². The van der Waals surface area contributed by atoms with E-state index in [2.05, 4.69) is 73.8 Å². The Morgan fingerprint density at radius 3 is 1.40 bits per heavy atom. The number of thiol groups is 2. The lowest BCUT2D eigenvalue weighted by atomic mass is 10.0. The van der Waals surface area contributed by atoms with Crippen LogP contribution in [0.1, 0.15) is 24.0 Å². The Balaban J connectivity index is 1.62. The van der Waals surface area contributed by atoms with Crippen molar-refractivity contribution in [1.29, 1.82) is 0 Å². The zero-order chi connectivity index (χ0) is 24.8. The molecule has 0 amide bonds. The standard InChI is InChI=1S/C27H40O2S6/c30-11-15-34-19-17-32-13-3-9-28-26-7-1-5-24(22-26)21-25-6-2-8-27(23-25)29-10-4-14-33-18-20-35-16-12-31/h1-2,5-8,22-23,30-31H,3-4,9-21H2. The fraction of sp³-hybridized carbons (Fsp3) is 0.556. The number of hydrogen-bond donors (Lipinski definition) is 2. The van der Waals surface area contributed by atoms with Crippen LogP contribution in [0.3, 0.4) is 0 Å². The van der Waals surface area contributed by atoms with Crippen molar-refractivity contribution in [3.8, 4) is 11.5 Å². The van der Waals surface area contributed by atoms with Gasteiger partial charge >= 0.3 is 0 Å². The van der Waals surface area contributed by atoms with E-state index in [1.807, 2.05) is 47.0 Å². The summed E-state index contributed by atoms with van der Waals surface area (Å²) in [5.74, 6) is 13.3. The van der Waals surface area contributed by atoms with Crippen molar-refractivity contribution in [2.24, 2.45) is 0 Å². The van der Waals surface area contributed by atoms with Gasteiger partial charge in [-0.25, -0.2) is 0 Å². The lowest BCUT2D eigenvalue weighted by Crippen LogP contribution is -2.01. The molecule has 0 spiro atoms. The molecule has 0 unspecified atom stereocenters. The molecule has 2 nitrogen and oxygen atoms in total. The molecule has 0 radical (unpaired) electrons. The van der Waals surface area contributed by atoms with Gasteiger partial charge in [-0.15, -0.1) is 0 Å². The molecule has 35 heavy (non-hydrogen) atoms. The van der Waals surface area contributed by atoms with Gasteiger partial charge in [0.25, 0.3) is 0 Å². The SMILES string of the molecule is SCCSCCSCCCOc1cccc(Cc2cccc(OCCCSCCSCCS)c2)c1. The maximum Gasteiger partial charge on any atom is 0.119 e. The first kappa shape index (κ1) is 31.4. The second kappa shape index (κ2) is 22.2. The Morgan fingerprint density at radius 2 is 0.971 bits per heavy atom. The van der Waals surface area contributed by atoms with Gasteiger partial charge < -0.3 is 9.47 Å². The van der Waals surface area contributed by atoms with E-state index in [9.17, 15) is 0 Å². The van der Waals surface area contributed by atoms with Crippen LogP contribution in [0.15, 0.2) is 48.5 Å². The highest BCUT2D eigenvalue weighted by Gasteiger charge is 2.02. The Hall–Kier alpha value is 0.140. The fourth-order valence-corrected chi connectivity index (χ4v) is 7.58. The molecule has 0 bridgehead atoms. The Morgan fingerprint density at radius 1 is 0.543 bits per heavy atom. The van der Waals surface area contributed by atoms with Crippen LogP contribution < -0.4 is 9.47 Å². The molecule has 2 rings (SSSR count). The second-order valence-electron chi connectivity index (χ2n) is 7.77. The molecule has 196 valence electrons. The van der Waals surface area contributed by atoms with Gasteiger partial charge in [-0.1, -0.05) is 24.3 Å². The third kappa shape index (κ3) is 16.6. The smallest absolute Gasteiger partial charge is 0.119 e. The molecule has 0 aliphatic carbocycles. The molecule has 0 aliphatic rings. The average molecular weight is 589 g/mol. The maximum atomic E-state index is 6.01. The van der Waals surface area contributed by atoms with E-state index >= 15 is 0 Å². The van der Waals surface area contributed by atoms with Gasteiger partial charge in [-0.05, 0) is 77.7 Å². The number of hydrogen-bond acceptors (Lipinski definition) is 8. The van der Waals surface area contributed by atoms with Crippen molar-refractivity contribution in [2.75, 3.05) is 70.7 Å². The van der Waals surface area contributed by atoms with Crippen LogP contribution in [0.2, 0.25) is 0 Å². The highest BCUT2D eigenvalue weighted by Crippen LogP contribution is 2.20. The molecule has 0 heterocycles. The zero-order valence-corrected chi connectivity index (χ0v) is 25.6. The molecule has 0 aliphatic heterocycles. The van der Waals surface area contributed by atoms with Crippen LogP contribution in [-0.4, -0.2) is 70.7 Å². The number of ether oxygens (including phenoxy) is 2. The lowest BCUT2D eigenvalue weighted by Gasteiger charge is -2.10. The Kier molecular flexibility index (Phi) is 19.8. The van der Waals surface area contributed by atoms with E-state index in [1.54, 1.807) is 0 Å². The minimum Gasteiger partial charge on any atom is -0.494 e. The zero-order valence-electron chi connectivity index (χ0n) is 20.6. The largest absolute Gasteiger partial charge is 0.494 e. The van der Waals surface area contributed by atoms with E-state index in [1.165, 1.54) is 34.1 Å². The third-order valence-electron chi connectivity index (χ3n) is 4.82. The first-order chi connectivity index (χ1) is 17.3. The minimum atomic E-state index is 0.774. The summed E-state index contributed by atoms with van der Waals surface area (Å²) in [7, 11) is 0. The molecule has 0 atom stereocenters. The van der Waals surface area contributed by atoms with Crippen molar-refractivity contribution in [3.63, 3.8) is 0 Å². The molecule has 0 aromatic heterocycles. The Bertz CT molecular complexity index is 713. The minimum absolute atomic E-state index is 0.774. The van der Waals surface area contributed by atoms with Crippen molar-refractivity contribution >= 4 is 72.3 Å². The number of thioether (sulfide) groups is 4. The Labute approximate surface area is 241 Å².